The van der Waals surface area contributed by atoms with Crippen LogP contribution >= 0.6 is 11.6 Å². The molecule has 0 spiro atoms. The van der Waals surface area contributed by atoms with Crippen LogP contribution in [-0.2, 0) is 16.0 Å². The monoisotopic (exact) mass is 336 g/mol. The molecular weight excluding hydrogens is 312 g/mol. The second-order valence-electron chi connectivity index (χ2n) is 5.99. The number of hydrogen-bond acceptors (Lipinski definition) is 2. The zero-order valence-corrected chi connectivity index (χ0v) is 14.7. The number of anilines is 1. The van der Waals surface area contributed by atoms with Gasteiger partial charge in [0.25, 0.3) is 0 Å². The fourth-order valence-electron chi connectivity index (χ4n) is 3.13. The Kier molecular flexibility index (Phi) is 6.46. The highest BCUT2D eigenvalue weighted by atomic mass is 35.5. The fraction of sp³-hybridized carbons (Fsp3) is 0.556. The molecule has 1 aliphatic rings. The van der Waals surface area contributed by atoms with Crippen molar-refractivity contribution in [2.24, 2.45) is 0 Å². The minimum atomic E-state index is -0.221. The zero-order chi connectivity index (χ0) is 16.8. The maximum absolute atomic E-state index is 12.6. The molecule has 2 amide bonds. The molecule has 1 saturated heterocycles. The molecule has 1 aliphatic heterocycles. The van der Waals surface area contributed by atoms with Crippen molar-refractivity contribution in [1.82, 2.24) is 4.90 Å². The molecule has 0 radical (unpaired) electrons. The van der Waals surface area contributed by atoms with Gasteiger partial charge in [0, 0.05) is 13.1 Å². The van der Waals surface area contributed by atoms with Crippen LogP contribution in [0.25, 0.3) is 0 Å². The Morgan fingerprint density at radius 3 is 2.52 bits per heavy atom. The van der Waals surface area contributed by atoms with Crippen molar-refractivity contribution in [3.63, 3.8) is 0 Å². The zero-order valence-electron chi connectivity index (χ0n) is 14.0. The molecule has 0 N–H and O–H groups in total. The van der Waals surface area contributed by atoms with Crippen LogP contribution in [0.3, 0.4) is 0 Å². The van der Waals surface area contributed by atoms with Gasteiger partial charge in [0.15, 0.2) is 0 Å². The van der Waals surface area contributed by atoms with Crippen molar-refractivity contribution in [3.05, 3.63) is 29.3 Å². The van der Waals surface area contributed by atoms with Crippen LogP contribution in [-0.4, -0.2) is 42.2 Å². The molecule has 5 heteroatoms. The number of benzene rings is 1. The molecule has 126 valence electrons. The largest absolute Gasteiger partial charge is 0.341 e. The summed E-state index contributed by atoms with van der Waals surface area (Å²) in [6, 6.07) is 5.95. The third-order valence-electron chi connectivity index (χ3n) is 4.39. The summed E-state index contributed by atoms with van der Waals surface area (Å²) in [7, 11) is 0. The predicted molar refractivity (Wildman–Crippen MR) is 94.1 cm³/mol. The summed E-state index contributed by atoms with van der Waals surface area (Å²) >= 11 is 5.80. The van der Waals surface area contributed by atoms with E-state index in [0.717, 1.165) is 49.2 Å². The first-order valence-corrected chi connectivity index (χ1v) is 8.84. The van der Waals surface area contributed by atoms with Gasteiger partial charge in [-0.15, -0.1) is 11.6 Å². The smallest absolute Gasteiger partial charge is 0.242 e. The van der Waals surface area contributed by atoms with E-state index in [0.29, 0.717) is 0 Å². The molecule has 0 unspecified atom stereocenters. The Balaban J connectivity index is 2.27. The minimum Gasteiger partial charge on any atom is -0.341 e. The molecule has 1 aromatic carbocycles. The summed E-state index contributed by atoms with van der Waals surface area (Å²) < 4.78 is 0. The van der Waals surface area contributed by atoms with Crippen LogP contribution in [0, 0.1) is 6.92 Å². The van der Waals surface area contributed by atoms with Gasteiger partial charge >= 0.3 is 0 Å². The average molecular weight is 337 g/mol. The van der Waals surface area contributed by atoms with E-state index in [1.807, 2.05) is 36.9 Å². The van der Waals surface area contributed by atoms with E-state index in [4.69, 9.17) is 11.6 Å². The number of halogens is 1. The molecule has 0 bridgehead atoms. The number of carbonyl (C=O) groups is 2. The number of amides is 2. The van der Waals surface area contributed by atoms with Crippen LogP contribution in [0.5, 0.6) is 0 Å². The first kappa shape index (κ1) is 17.8. The number of alkyl halides is 1. The lowest BCUT2D eigenvalue weighted by atomic mass is 10.0. The summed E-state index contributed by atoms with van der Waals surface area (Å²) in [5.74, 6) is -0.334. The molecule has 0 aromatic heterocycles. The summed E-state index contributed by atoms with van der Waals surface area (Å²) in [6.45, 7) is 5.66. The number of hydrogen-bond donors (Lipinski definition) is 0. The summed E-state index contributed by atoms with van der Waals surface area (Å²) in [5.41, 5.74) is 2.90. The molecule has 1 aromatic rings. The van der Waals surface area contributed by atoms with Gasteiger partial charge in [-0.2, -0.15) is 0 Å². The van der Waals surface area contributed by atoms with Crippen molar-refractivity contribution in [3.8, 4) is 0 Å². The Hall–Kier alpha value is -1.55. The van der Waals surface area contributed by atoms with Crippen molar-refractivity contribution >= 4 is 29.1 Å². The van der Waals surface area contributed by atoms with E-state index in [1.165, 1.54) is 6.42 Å². The van der Waals surface area contributed by atoms with E-state index < -0.39 is 0 Å². The number of para-hydroxylation sites is 1. The normalized spacial score (nSPS) is 14.7. The summed E-state index contributed by atoms with van der Waals surface area (Å²) in [5, 5.41) is 0. The third kappa shape index (κ3) is 4.25. The summed E-state index contributed by atoms with van der Waals surface area (Å²) in [4.78, 5) is 28.4. The van der Waals surface area contributed by atoms with Gasteiger partial charge in [-0.05, 0) is 43.7 Å². The van der Waals surface area contributed by atoms with E-state index in [9.17, 15) is 9.59 Å². The van der Waals surface area contributed by atoms with Gasteiger partial charge in [0.05, 0.1) is 5.69 Å². The molecule has 0 atom stereocenters. The van der Waals surface area contributed by atoms with Crippen LogP contribution in [0.1, 0.15) is 37.3 Å². The highest BCUT2D eigenvalue weighted by Crippen LogP contribution is 2.26. The van der Waals surface area contributed by atoms with Crippen molar-refractivity contribution in [1.29, 1.82) is 0 Å². The van der Waals surface area contributed by atoms with Crippen molar-refractivity contribution < 1.29 is 9.59 Å². The lowest BCUT2D eigenvalue weighted by molar-refractivity contribution is -0.132. The van der Waals surface area contributed by atoms with Crippen molar-refractivity contribution in [2.75, 3.05) is 30.4 Å². The lowest BCUT2D eigenvalue weighted by Gasteiger charge is -2.31. The van der Waals surface area contributed by atoms with E-state index in [-0.39, 0.29) is 24.2 Å². The molecule has 23 heavy (non-hydrogen) atoms. The number of piperidine rings is 1. The SMILES string of the molecule is CCc1cccc(C)c1N(CC(=O)N1CCCCC1)C(=O)CCl. The first-order valence-electron chi connectivity index (χ1n) is 8.31. The molecule has 1 fully saturated rings. The standard InChI is InChI=1S/C18H25ClN2O2/c1-3-15-9-7-8-14(2)18(15)21(16(22)12-19)13-17(23)20-10-5-4-6-11-20/h7-9H,3-6,10-13H2,1-2H3. The molecule has 1 heterocycles. The maximum atomic E-state index is 12.6. The second kappa shape index (κ2) is 8.34. The molecule has 4 nitrogen and oxygen atoms in total. The van der Waals surface area contributed by atoms with Crippen molar-refractivity contribution in [2.45, 2.75) is 39.5 Å². The molecule has 0 saturated carbocycles. The van der Waals surface area contributed by atoms with E-state index in [2.05, 4.69) is 0 Å². The Morgan fingerprint density at radius 2 is 1.91 bits per heavy atom. The van der Waals surface area contributed by atoms with E-state index >= 15 is 0 Å². The molecule has 0 aliphatic carbocycles. The number of rotatable bonds is 5. The predicted octanol–water partition coefficient (Wildman–Crippen LogP) is 3.14. The highest BCUT2D eigenvalue weighted by molar-refractivity contribution is 6.29. The highest BCUT2D eigenvalue weighted by Gasteiger charge is 2.25. The lowest BCUT2D eigenvalue weighted by Crippen LogP contribution is -2.45. The second-order valence-corrected chi connectivity index (χ2v) is 6.26. The van der Waals surface area contributed by atoms with Gasteiger partial charge in [0.2, 0.25) is 11.8 Å². The Labute approximate surface area is 143 Å². The quantitative estimate of drug-likeness (QED) is 0.775. The van der Waals surface area contributed by atoms with Crippen LogP contribution < -0.4 is 4.90 Å². The van der Waals surface area contributed by atoms with Gasteiger partial charge in [-0.25, -0.2) is 0 Å². The van der Waals surface area contributed by atoms with Gasteiger partial charge < -0.3 is 9.80 Å². The number of aryl methyl sites for hydroxylation is 2. The van der Waals surface area contributed by atoms with Crippen LogP contribution in [0.15, 0.2) is 18.2 Å². The van der Waals surface area contributed by atoms with E-state index in [1.54, 1.807) is 4.90 Å². The van der Waals surface area contributed by atoms with Crippen LogP contribution in [0.2, 0.25) is 0 Å². The average Bonchev–Trinajstić information content (AvgIpc) is 2.59. The van der Waals surface area contributed by atoms with Gasteiger partial charge in [0.1, 0.15) is 12.4 Å². The van der Waals surface area contributed by atoms with Gasteiger partial charge in [-0.3, -0.25) is 9.59 Å². The van der Waals surface area contributed by atoms with Crippen LogP contribution in [0.4, 0.5) is 5.69 Å². The Morgan fingerprint density at radius 1 is 1.22 bits per heavy atom. The Bertz CT molecular complexity index is 568. The molecule has 2 rings (SSSR count). The minimum absolute atomic E-state index is 0.00785. The topological polar surface area (TPSA) is 40.6 Å². The number of carbonyl (C=O) groups excluding carboxylic acids is 2. The third-order valence-corrected chi connectivity index (χ3v) is 4.62. The van der Waals surface area contributed by atoms with Gasteiger partial charge in [-0.1, -0.05) is 25.1 Å². The maximum Gasteiger partial charge on any atom is 0.242 e. The summed E-state index contributed by atoms with van der Waals surface area (Å²) in [6.07, 6.45) is 4.06. The first-order chi connectivity index (χ1) is 11.1. The fourth-order valence-corrected chi connectivity index (χ4v) is 3.28. The number of nitrogens with zero attached hydrogens (tertiary/aromatic N) is 2. The number of likely N-dealkylation sites (tertiary alicyclic amines) is 1. The molecular formula is C18H25ClN2O2.